The molecule has 2 aromatic rings. The molecule has 0 atom stereocenters. The predicted octanol–water partition coefficient (Wildman–Crippen LogP) is 4.10. The Balaban J connectivity index is 1.36. The molecule has 0 bridgehead atoms. The van der Waals surface area contributed by atoms with Gasteiger partial charge in [0.15, 0.2) is 5.79 Å². The van der Waals surface area contributed by atoms with E-state index in [2.05, 4.69) is 55.3 Å². The molecule has 2 aliphatic heterocycles. The lowest BCUT2D eigenvalue weighted by molar-refractivity contribution is -0.181. The quantitative estimate of drug-likeness (QED) is 0.848. The number of carbonyl (C=O) groups is 1. The van der Waals surface area contributed by atoms with Crippen LogP contribution in [0.5, 0.6) is 0 Å². The van der Waals surface area contributed by atoms with Gasteiger partial charge in [0.05, 0.1) is 25.1 Å². The van der Waals surface area contributed by atoms with Gasteiger partial charge in [0.1, 0.15) is 5.69 Å². The Labute approximate surface area is 172 Å². The Morgan fingerprint density at radius 1 is 1.00 bits per heavy atom. The van der Waals surface area contributed by atoms with E-state index in [1.807, 2.05) is 11.0 Å². The molecule has 0 saturated carbocycles. The zero-order valence-corrected chi connectivity index (χ0v) is 17.4. The van der Waals surface area contributed by atoms with E-state index in [0.29, 0.717) is 44.8 Å². The van der Waals surface area contributed by atoms with E-state index in [-0.39, 0.29) is 11.3 Å². The van der Waals surface area contributed by atoms with Crippen LogP contribution in [0.4, 0.5) is 11.4 Å². The molecule has 1 N–H and O–H groups in total. The number of likely N-dealkylation sites (tertiary alicyclic amines) is 1. The average molecular weight is 396 g/mol. The van der Waals surface area contributed by atoms with Crippen LogP contribution in [0.3, 0.4) is 0 Å². The summed E-state index contributed by atoms with van der Waals surface area (Å²) in [6, 6.07) is 12.1. The largest absolute Gasteiger partial charge is 0.354 e. The van der Waals surface area contributed by atoms with Gasteiger partial charge in [-0.3, -0.25) is 4.79 Å². The number of rotatable bonds is 3. The van der Waals surface area contributed by atoms with E-state index in [0.717, 1.165) is 11.4 Å². The number of hydrogen-bond acceptors (Lipinski definition) is 5. The van der Waals surface area contributed by atoms with Gasteiger partial charge in [-0.2, -0.15) is 0 Å². The van der Waals surface area contributed by atoms with Gasteiger partial charge in [-0.25, -0.2) is 4.98 Å². The normalized spacial score (nSPS) is 18.8. The van der Waals surface area contributed by atoms with Gasteiger partial charge in [-0.15, -0.1) is 0 Å². The van der Waals surface area contributed by atoms with Gasteiger partial charge < -0.3 is 19.7 Å². The number of nitrogens with one attached hydrogen (secondary N) is 1. The Morgan fingerprint density at radius 3 is 2.17 bits per heavy atom. The number of anilines is 2. The monoisotopic (exact) mass is 395 g/mol. The van der Waals surface area contributed by atoms with Crippen molar-refractivity contribution in [3.05, 3.63) is 53.9 Å². The van der Waals surface area contributed by atoms with Gasteiger partial charge in [0.25, 0.3) is 5.91 Å². The Morgan fingerprint density at radius 2 is 1.62 bits per heavy atom. The highest BCUT2D eigenvalue weighted by Gasteiger charge is 2.41. The molecule has 1 aromatic carbocycles. The number of piperidine rings is 1. The van der Waals surface area contributed by atoms with Crippen LogP contribution >= 0.6 is 0 Å². The minimum absolute atomic E-state index is 0.0427. The highest BCUT2D eigenvalue weighted by atomic mass is 16.7. The van der Waals surface area contributed by atoms with E-state index in [1.54, 1.807) is 12.3 Å². The molecule has 1 amide bonds. The molecular formula is C23H29N3O3. The van der Waals surface area contributed by atoms with E-state index in [1.165, 1.54) is 5.56 Å². The molecule has 0 aliphatic carbocycles. The van der Waals surface area contributed by atoms with Crippen LogP contribution in [0, 0.1) is 0 Å². The summed E-state index contributed by atoms with van der Waals surface area (Å²) in [4.78, 5) is 19.0. The fourth-order valence-electron chi connectivity index (χ4n) is 3.81. The fourth-order valence-corrected chi connectivity index (χ4v) is 3.81. The van der Waals surface area contributed by atoms with Crippen LogP contribution in [0.25, 0.3) is 0 Å². The van der Waals surface area contributed by atoms with Crippen molar-refractivity contribution in [1.82, 2.24) is 9.88 Å². The lowest BCUT2D eigenvalue weighted by Gasteiger charge is -2.37. The summed E-state index contributed by atoms with van der Waals surface area (Å²) in [6.07, 6.45) is 3.13. The first-order valence-electron chi connectivity index (χ1n) is 10.3. The van der Waals surface area contributed by atoms with Crippen LogP contribution in [-0.4, -0.2) is 47.9 Å². The first kappa shape index (κ1) is 19.9. The molecule has 2 saturated heterocycles. The zero-order chi connectivity index (χ0) is 20.5. The number of ether oxygens (including phenoxy) is 2. The number of nitrogens with zero attached hydrogens (tertiary/aromatic N) is 2. The Kier molecular flexibility index (Phi) is 5.32. The van der Waals surface area contributed by atoms with Crippen LogP contribution in [0.15, 0.2) is 42.6 Å². The number of aromatic nitrogens is 1. The molecule has 1 spiro atoms. The van der Waals surface area contributed by atoms with Crippen LogP contribution < -0.4 is 5.32 Å². The lowest BCUT2D eigenvalue weighted by Crippen LogP contribution is -2.47. The summed E-state index contributed by atoms with van der Waals surface area (Å²) in [5, 5.41) is 3.34. The fraction of sp³-hybridized carbons (Fsp3) is 0.478. The maximum atomic E-state index is 12.8. The van der Waals surface area contributed by atoms with Crippen molar-refractivity contribution in [3.8, 4) is 0 Å². The van der Waals surface area contributed by atoms with E-state index in [9.17, 15) is 4.79 Å². The second-order valence-corrected chi connectivity index (χ2v) is 8.78. The van der Waals surface area contributed by atoms with Gasteiger partial charge in [-0.1, -0.05) is 32.9 Å². The van der Waals surface area contributed by atoms with Gasteiger partial charge in [-0.05, 0) is 35.2 Å². The minimum Gasteiger partial charge on any atom is -0.354 e. The molecule has 3 heterocycles. The van der Waals surface area contributed by atoms with Crippen molar-refractivity contribution in [2.45, 2.75) is 44.8 Å². The topological polar surface area (TPSA) is 63.7 Å². The Bertz CT molecular complexity index is 840. The molecule has 4 rings (SSSR count). The summed E-state index contributed by atoms with van der Waals surface area (Å²) in [6.45, 7) is 9.13. The predicted molar refractivity (Wildman–Crippen MR) is 112 cm³/mol. The third kappa shape index (κ3) is 4.43. The summed E-state index contributed by atoms with van der Waals surface area (Å²) in [5.74, 6) is -0.514. The summed E-state index contributed by atoms with van der Waals surface area (Å²) in [5.41, 5.74) is 3.74. The van der Waals surface area contributed by atoms with Crippen LogP contribution in [0.2, 0.25) is 0 Å². The molecule has 2 fully saturated rings. The highest BCUT2D eigenvalue weighted by Crippen LogP contribution is 2.31. The minimum atomic E-state index is -0.472. The third-order valence-corrected chi connectivity index (χ3v) is 5.65. The number of amides is 1. The first-order valence-corrected chi connectivity index (χ1v) is 10.3. The van der Waals surface area contributed by atoms with E-state index >= 15 is 0 Å². The van der Waals surface area contributed by atoms with Gasteiger partial charge >= 0.3 is 0 Å². The molecule has 6 nitrogen and oxygen atoms in total. The molecule has 154 valence electrons. The maximum Gasteiger partial charge on any atom is 0.272 e. The SMILES string of the molecule is CC(C)(C)c1ccc(Nc2ccc(C(=O)N3CCC4(CC3)OCCO4)nc2)cc1. The van der Waals surface area contributed by atoms with Crippen molar-refractivity contribution in [2.75, 3.05) is 31.6 Å². The molecule has 29 heavy (non-hydrogen) atoms. The number of benzene rings is 1. The number of carbonyl (C=O) groups excluding carboxylic acids is 1. The molecule has 6 heteroatoms. The van der Waals surface area contributed by atoms with Gasteiger partial charge in [0, 0.05) is 31.6 Å². The summed E-state index contributed by atoms with van der Waals surface area (Å²) in [7, 11) is 0. The molecule has 0 unspecified atom stereocenters. The molecule has 2 aliphatic rings. The van der Waals surface area contributed by atoms with Crippen LogP contribution in [-0.2, 0) is 14.9 Å². The summed E-state index contributed by atoms with van der Waals surface area (Å²) >= 11 is 0. The molecule has 0 radical (unpaired) electrons. The molecule has 1 aromatic heterocycles. The first-order chi connectivity index (χ1) is 13.8. The Hall–Kier alpha value is -2.44. The standard InChI is InChI=1S/C23H29N3O3/c1-22(2,3)17-4-6-18(7-5-17)25-19-8-9-20(24-16-19)21(27)26-12-10-23(11-13-26)28-14-15-29-23/h4-9,16,25H,10-15H2,1-3H3. The highest BCUT2D eigenvalue weighted by molar-refractivity contribution is 5.92. The second-order valence-electron chi connectivity index (χ2n) is 8.78. The second kappa shape index (κ2) is 7.76. The van der Waals surface area contributed by atoms with Crippen molar-refractivity contribution in [2.24, 2.45) is 0 Å². The number of pyridine rings is 1. The maximum absolute atomic E-state index is 12.8. The lowest BCUT2D eigenvalue weighted by atomic mass is 9.87. The summed E-state index contributed by atoms with van der Waals surface area (Å²) < 4.78 is 11.5. The molecular weight excluding hydrogens is 366 g/mol. The van der Waals surface area contributed by atoms with Crippen molar-refractivity contribution in [3.63, 3.8) is 0 Å². The van der Waals surface area contributed by atoms with Crippen molar-refractivity contribution >= 4 is 17.3 Å². The third-order valence-electron chi connectivity index (χ3n) is 5.65. The average Bonchev–Trinajstić information content (AvgIpc) is 3.16. The van der Waals surface area contributed by atoms with E-state index < -0.39 is 5.79 Å². The number of hydrogen-bond donors (Lipinski definition) is 1. The van der Waals surface area contributed by atoms with Crippen molar-refractivity contribution < 1.29 is 14.3 Å². The smallest absolute Gasteiger partial charge is 0.272 e. The zero-order valence-electron chi connectivity index (χ0n) is 17.4. The van der Waals surface area contributed by atoms with Gasteiger partial charge in [0.2, 0.25) is 0 Å². The van der Waals surface area contributed by atoms with Crippen molar-refractivity contribution in [1.29, 1.82) is 0 Å². The van der Waals surface area contributed by atoms with E-state index in [4.69, 9.17) is 9.47 Å². The van der Waals surface area contributed by atoms with Crippen LogP contribution in [0.1, 0.15) is 49.7 Å².